The minimum Gasteiger partial charge on any atom is -0.454 e. The number of benzene rings is 1. The van der Waals surface area contributed by atoms with E-state index < -0.39 is 0 Å². The first-order valence-corrected chi connectivity index (χ1v) is 7.25. The fourth-order valence-electron chi connectivity index (χ4n) is 2.64. The standard InChI is InChI=1S/C15H21N3O2/c1-3-4-5-15-17-11-6-13-14(20-9-19-13)7-12(11)18(15)10(2)8-16/h6-7,10H,3-5,8-9,16H2,1-2H3. The van der Waals surface area contributed by atoms with E-state index in [0.717, 1.165) is 47.6 Å². The summed E-state index contributed by atoms with van der Waals surface area (Å²) >= 11 is 0. The van der Waals surface area contributed by atoms with Crippen LogP contribution in [0.1, 0.15) is 38.6 Å². The number of rotatable bonds is 5. The van der Waals surface area contributed by atoms with Crippen molar-refractivity contribution in [3.8, 4) is 11.5 Å². The summed E-state index contributed by atoms with van der Waals surface area (Å²) < 4.78 is 13.1. The maximum absolute atomic E-state index is 5.86. The fourth-order valence-corrected chi connectivity index (χ4v) is 2.64. The molecular weight excluding hydrogens is 254 g/mol. The Kier molecular flexibility index (Phi) is 3.53. The predicted molar refractivity (Wildman–Crippen MR) is 78.2 cm³/mol. The Balaban J connectivity index is 2.13. The van der Waals surface area contributed by atoms with Crippen LogP contribution in [-0.2, 0) is 6.42 Å². The fraction of sp³-hybridized carbons (Fsp3) is 0.533. The number of aromatic nitrogens is 2. The molecule has 0 aliphatic carbocycles. The van der Waals surface area contributed by atoms with Crippen LogP contribution >= 0.6 is 0 Å². The highest BCUT2D eigenvalue weighted by molar-refractivity contribution is 5.81. The Hall–Kier alpha value is -1.75. The molecule has 0 fully saturated rings. The summed E-state index contributed by atoms with van der Waals surface area (Å²) in [5, 5.41) is 0. The zero-order valence-corrected chi connectivity index (χ0v) is 12.1. The van der Waals surface area contributed by atoms with Gasteiger partial charge in [0.05, 0.1) is 11.0 Å². The Morgan fingerprint density at radius 3 is 2.80 bits per heavy atom. The number of unbranched alkanes of at least 4 members (excludes halogenated alkanes) is 1. The molecule has 2 heterocycles. The molecule has 5 heteroatoms. The third-order valence-corrected chi connectivity index (χ3v) is 3.79. The lowest BCUT2D eigenvalue weighted by Crippen LogP contribution is -2.18. The molecular formula is C15H21N3O2. The maximum Gasteiger partial charge on any atom is 0.231 e. The summed E-state index contributed by atoms with van der Waals surface area (Å²) in [4.78, 5) is 4.77. The number of nitrogens with zero attached hydrogens (tertiary/aromatic N) is 2. The van der Waals surface area contributed by atoms with E-state index in [0.29, 0.717) is 6.54 Å². The van der Waals surface area contributed by atoms with E-state index in [4.69, 9.17) is 20.2 Å². The van der Waals surface area contributed by atoms with Gasteiger partial charge in [0.25, 0.3) is 0 Å². The predicted octanol–water partition coefficient (Wildman–Crippen LogP) is 2.63. The first-order chi connectivity index (χ1) is 9.74. The quantitative estimate of drug-likeness (QED) is 0.911. The van der Waals surface area contributed by atoms with Crippen molar-refractivity contribution in [2.75, 3.05) is 13.3 Å². The van der Waals surface area contributed by atoms with Gasteiger partial charge in [-0.2, -0.15) is 0 Å². The molecule has 0 saturated carbocycles. The van der Waals surface area contributed by atoms with Crippen LogP contribution in [0, 0.1) is 0 Å². The smallest absolute Gasteiger partial charge is 0.231 e. The van der Waals surface area contributed by atoms with Crippen molar-refractivity contribution in [1.29, 1.82) is 0 Å². The van der Waals surface area contributed by atoms with E-state index in [1.807, 2.05) is 12.1 Å². The first kappa shape index (κ1) is 13.2. The molecule has 1 unspecified atom stereocenters. The molecule has 0 radical (unpaired) electrons. The Bertz CT molecular complexity index is 621. The lowest BCUT2D eigenvalue weighted by atomic mass is 10.2. The second-order valence-electron chi connectivity index (χ2n) is 5.28. The third kappa shape index (κ3) is 2.12. The molecule has 0 amide bonds. The van der Waals surface area contributed by atoms with Gasteiger partial charge in [0.2, 0.25) is 6.79 Å². The molecule has 0 bridgehead atoms. The summed E-state index contributed by atoms with van der Waals surface area (Å²) in [6.45, 7) is 5.20. The van der Waals surface area contributed by atoms with Crippen molar-refractivity contribution in [3.63, 3.8) is 0 Å². The average molecular weight is 275 g/mol. The topological polar surface area (TPSA) is 62.3 Å². The van der Waals surface area contributed by atoms with Gasteiger partial charge in [-0.25, -0.2) is 4.98 Å². The molecule has 1 aromatic carbocycles. The SMILES string of the molecule is CCCCc1nc2cc3c(cc2n1C(C)CN)OCO3. The second kappa shape index (κ2) is 5.32. The summed E-state index contributed by atoms with van der Waals surface area (Å²) in [7, 11) is 0. The van der Waals surface area contributed by atoms with E-state index in [1.54, 1.807) is 0 Å². The van der Waals surface area contributed by atoms with Crippen molar-refractivity contribution < 1.29 is 9.47 Å². The van der Waals surface area contributed by atoms with Crippen LogP contribution in [0.15, 0.2) is 12.1 Å². The molecule has 1 aromatic heterocycles. The number of hydrogen-bond acceptors (Lipinski definition) is 4. The van der Waals surface area contributed by atoms with Gasteiger partial charge in [-0.3, -0.25) is 0 Å². The minimum atomic E-state index is 0.229. The normalized spacial score (nSPS) is 14.9. The van der Waals surface area contributed by atoms with Gasteiger partial charge in [-0.1, -0.05) is 13.3 Å². The number of fused-ring (bicyclic) bond motifs is 2. The minimum absolute atomic E-state index is 0.229. The summed E-state index contributed by atoms with van der Waals surface area (Å²) in [6, 6.07) is 4.21. The van der Waals surface area contributed by atoms with Gasteiger partial charge < -0.3 is 19.8 Å². The van der Waals surface area contributed by atoms with Crippen molar-refractivity contribution in [2.45, 2.75) is 39.2 Å². The molecule has 0 spiro atoms. The molecule has 2 aromatic rings. The van der Waals surface area contributed by atoms with Crippen LogP contribution in [0.2, 0.25) is 0 Å². The molecule has 0 saturated heterocycles. The largest absolute Gasteiger partial charge is 0.454 e. The van der Waals surface area contributed by atoms with Crippen molar-refractivity contribution in [3.05, 3.63) is 18.0 Å². The highest BCUT2D eigenvalue weighted by Crippen LogP contribution is 2.37. The second-order valence-corrected chi connectivity index (χ2v) is 5.28. The Labute approximate surface area is 118 Å². The highest BCUT2D eigenvalue weighted by Gasteiger charge is 2.20. The molecule has 1 atom stereocenters. The van der Waals surface area contributed by atoms with Crippen LogP contribution in [-0.4, -0.2) is 22.9 Å². The van der Waals surface area contributed by atoms with Crippen molar-refractivity contribution >= 4 is 11.0 Å². The molecule has 3 rings (SSSR count). The molecule has 20 heavy (non-hydrogen) atoms. The molecule has 5 nitrogen and oxygen atoms in total. The molecule has 1 aliphatic rings. The van der Waals surface area contributed by atoms with Gasteiger partial charge in [0, 0.05) is 31.1 Å². The van der Waals surface area contributed by atoms with Gasteiger partial charge in [0.15, 0.2) is 11.5 Å². The first-order valence-electron chi connectivity index (χ1n) is 7.25. The lowest BCUT2D eigenvalue weighted by Gasteiger charge is -2.15. The van der Waals surface area contributed by atoms with Crippen molar-refractivity contribution in [1.82, 2.24) is 9.55 Å². The number of imidazole rings is 1. The Morgan fingerprint density at radius 1 is 1.35 bits per heavy atom. The van der Waals surface area contributed by atoms with Crippen molar-refractivity contribution in [2.24, 2.45) is 5.73 Å². The average Bonchev–Trinajstić information content (AvgIpc) is 3.04. The van der Waals surface area contributed by atoms with E-state index in [-0.39, 0.29) is 12.8 Å². The summed E-state index contributed by atoms with van der Waals surface area (Å²) in [5.74, 6) is 2.68. The van der Waals surface area contributed by atoms with Gasteiger partial charge >= 0.3 is 0 Å². The molecule has 1 aliphatic heterocycles. The monoisotopic (exact) mass is 275 g/mol. The summed E-state index contributed by atoms with van der Waals surface area (Å²) in [5.41, 5.74) is 7.90. The van der Waals surface area contributed by atoms with E-state index in [1.165, 1.54) is 0 Å². The van der Waals surface area contributed by atoms with Crippen LogP contribution < -0.4 is 15.2 Å². The van der Waals surface area contributed by atoms with Crippen LogP contribution in [0.25, 0.3) is 11.0 Å². The lowest BCUT2D eigenvalue weighted by molar-refractivity contribution is 0.174. The zero-order chi connectivity index (χ0) is 14.1. The van der Waals surface area contributed by atoms with E-state index in [2.05, 4.69) is 18.4 Å². The van der Waals surface area contributed by atoms with Gasteiger partial charge in [0.1, 0.15) is 5.82 Å². The van der Waals surface area contributed by atoms with E-state index >= 15 is 0 Å². The maximum atomic E-state index is 5.86. The zero-order valence-electron chi connectivity index (χ0n) is 12.1. The van der Waals surface area contributed by atoms with Crippen LogP contribution in [0.3, 0.4) is 0 Å². The van der Waals surface area contributed by atoms with E-state index in [9.17, 15) is 0 Å². The third-order valence-electron chi connectivity index (χ3n) is 3.79. The molecule has 108 valence electrons. The number of nitrogens with two attached hydrogens (primary N) is 1. The summed E-state index contributed by atoms with van der Waals surface area (Å²) in [6.07, 6.45) is 3.26. The van der Waals surface area contributed by atoms with Gasteiger partial charge in [-0.05, 0) is 13.3 Å². The Morgan fingerprint density at radius 2 is 2.10 bits per heavy atom. The highest BCUT2D eigenvalue weighted by atomic mass is 16.7. The number of ether oxygens (including phenoxy) is 2. The van der Waals surface area contributed by atoms with Gasteiger partial charge in [-0.15, -0.1) is 0 Å². The molecule has 2 N–H and O–H groups in total. The number of aryl methyl sites for hydroxylation is 1. The van der Waals surface area contributed by atoms with Crippen LogP contribution in [0.5, 0.6) is 11.5 Å². The number of hydrogen-bond donors (Lipinski definition) is 1. The van der Waals surface area contributed by atoms with Crippen LogP contribution in [0.4, 0.5) is 0 Å².